The van der Waals surface area contributed by atoms with Crippen LogP contribution in [0.3, 0.4) is 0 Å². The molecule has 0 aromatic heterocycles. The lowest BCUT2D eigenvalue weighted by Crippen LogP contribution is -2.60. The third kappa shape index (κ3) is 4.33. The van der Waals surface area contributed by atoms with Gasteiger partial charge in [0, 0.05) is 32.2 Å². The van der Waals surface area contributed by atoms with Crippen LogP contribution in [0.4, 0.5) is 0 Å². The van der Waals surface area contributed by atoms with E-state index in [1.807, 2.05) is 0 Å². The molecule has 0 radical (unpaired) electrons. The molecule has 5 nitrogen and oxygen atoms in total. The van der Waals surface area contributed by atoms with Crippen molar-refractivity contribution in [3.63, 3.8) is 0 Å². The first kappa shape index (κ1) is 28.7. The molecule has 0 aromatic rings. The smallest absolute Gasteiger partial charge is 0.306 e. The van der Waals surface area contributed by atoms with Gasteiger partial charge in [-0.1, -0.05) is 59.1 Å². The third-order valence-corrected chi connectivity index (χ3v) is 13.4. The molecule has 5 fully saturated rings. The average molecular weight is 554 g/mol. The van der Waals surface area contributed by atoms with Gasteiger partial charge in [-0.3, -0.25) is 9.59 Å². The van der Waals surface area contributed by atoms with E-state index in [4.69, 9.17) is 9.47 Å². The maximum absolute atomic E-state index is 12.8. The summed E-state index contributed by atoms with van der Waals surface area (Å²) >= 11 is 0. The zero-order valence-electron chi connectivity index (χ0n) is 26.2. The molecule has 2 heterocycles. The predicted octanol–water partition coefficient (Wildman–Crippen LogP) is 7.68. The van der Waals surface area contributed by atoms with E-state index < -0.39 is 5.72 Å². The molecule has 2 saturated heterocycles. The van der Waals surface area contributed by atoms with Gasteiger partial charge < -0.3 is 14.4 Å². The number of rotatable bonds is 5. The number of likely N-dealkylation sites (tertiary alicyclic amines) is 1. The minimum absolute atomic E-state index is 0.00456. The molecule has 40 heavy (non-hydrogen) atoms. The maximum atomic E-state index is 12.8. The van der Waals surface area contributed by atoms with Crippen LogP contribution in [0.2, 0.25) is 0 Å². The summed E-state index contributed by atoms with van der Waals surface area (Å²) in [6.07, 6.45) is 16.8. The Morgan fingerprint density at radius 1 is 1.07 bits per heavy atom. The number of fused-ring (bicyclic) bond motifs is 7. The number of piperidine rings is 1. The van der Waals surface area contributed by atoms with E-state index in [1.165, 1.54) is 19.3 Å². The Morgan fingerprint density at radius 3 is 2.62 bits per heavy atom. The van der Waals surface area contributed by atoms with Crippen molar-refractivity contribution in [2.24, 2.45) is 46.3 Å². The van der Waals surface area contributed by atoms with Gasteiger partial charge in [-0.25, -0.2) is 0 Å². The summed E-state index contributed by atoms with van der Waals surface area (Å²) in [6.45, 7) is 14.6. The molecule has 11 atom stereocenters. The van der Waals surface area contributed by atoms with Crippen molar-refractivity contribution >= 4 is 11.9 Å². The highest BCUT2D eigenvalue weighted by Crippen LogP contribution is 2.70. The molecular formula is C35H55NO4. The zero-order valence-corrected chi connectivity index (χ0v) is 26.2. The van der Waals surface area contributed by atoms with Crippen molar-refractivity contribution in [2.75, 3.05) is 6.54 Å². The quantitative estimate of drug-likeness (QED) is 0.199. The zero-order chi connectivity index (χ0) is 28.4. The van der Waals surface area contributed by atoms with Crippen LogP contribution < -0.4 is 0 Å². The molecule has 6 rings (SSSR count). The van der Waals surface area contributed by atoms with Crippen LogP contribution >= 0.6 is 0 Å². The standard InChI is InChI=1S/C35H55NO4/c1-7-8-9-10-31(38)39-26-14-16-33(5)25(19-26)11-12-27-28(33)15-17-34(6)29(27)20-30-32(34)23(3)35(40-30)18-13-22(2)21-36(35)24(4)37/h11,22-23,26-30,32H,7-10,12-21H2,1-6H3/t22-,23+,26+,27-,28+,29-,30-,32-,33-,34-,35+/m0/s1. The van der Waals surface area contributed by atoms with Crippen LogP contribution in [0.5, 0.6) is 0 Å². The van der Waals surface area contributed by atoms with Crippen LogP contribution in [0, 0.1) is 46.3 Å². The number of hydrogen-bond acceptors (Lipinski definition) is 4. The summed E-state index contributed by atoms with van der Waals surface area (Å²) in [5, 5.41) is 0. The first-order chi connectivity index (χ1) is 19.0. The van der Waals surface area contributed by atoms with Crippen molar-refractivity contribution in [3.8, 4) is 0 Å². The van der Waals surface area contributed by atoms with E-state index in [2.05, 4.69) is 45.6 Å². The Morgan fingerprint density at radius 2 is 1.88 bits per heavy atom. The fourth-order valence-corrected chi connectivity index (χ4v) is 11.3. The van der Waals surface area contributed by atoms with Gasteiger partial charge >= 0.3 is 5.97 Å². The van der Waals surface area contributed by atoms with E-state index in [1.54, 1.807) is 12.5 Å². The highest BCUT2D eigenvalue weighted by atomic mass is 16.5. The summed E-state index contributed by atoms with van der Waals surface area (Å²) in [7, 11) is 0. The van der Waals surface area contributed by atoms with E-state index in [9.17, 15) is 9.59 Å². The molecule has 0 aromatic carbocycles. The molecule has 0 unspecified atom stereocenters. The third-order valence-electron chi connectivity index (χ3n) is 13.4. The Labute approximate surface area is 243 Å². The molecule has 224 valence electrons. The minimum atomic E-state index is -0.392. The van der Waals surface area contributed by atoms with E-state index in [0.29, 0.717) is 36.0 Å². The minimum Gasteiger partial charge on any atom is -0.462 e. The normalized spacial score (nSPS) is 47.6. The number of unbranched alkanes of at least 4 members (excludes halogenated alkanes) is 2. The summed E-state index contributed by atoms with van der Waals surface area (Å²) < 4.78 is 13.1. The van der Waals surface area contributed by atoms with E-state index in [0.717, 1.165) is 70.3 Å². The van der Waals surface area contributed by atoms with Gasteiger partial charge in [0.2, 0.25) is 5.91 Å². The van der Waals surface area contributed by atoms with Crippen LogP contribution in [-0.2, 0) is 19.1 Å². The highest BCUT2D eigenvalue weighted by Gasteiger charge is 2.69. The van der Waals surface area contributed by atoms with Crippen LogP contribution in [-0.4, -0.2) is 41.3 Å². The lowest BCUT2D eigenvalue weighted by Gasteiger charge is -2.59. The number of carbonyl (C=O) groups is 2. The van der Waals surface area contributed by atoms with E-state index in [-0.39, 0.29) is 34.9 Å². The topological polar surface area (TPSA) is 55.8 Å². The number of ether oxygens (including phenoxy) is 2. The monoisotopic (exact) mass is 553 g/mol. The fourth-order valence-electron chi connectivity index (χ4n) is 11.3. The lowest BCUT2D eigenvalue weighted by molar-refractivity contribution is -0.200. The van der Waals surface area contributed by atoms with Crippen LogP contribution in [0.1, 0.15) is 125 Å². The van der Waals surface area contributed by atoms with Crippen molar-refractivity contribution in [1.29, 1.82) is 0 Å². The molecule has 2 aliphatic heterocycles. The highest BCUT2D eigenvalue weighted by molar-refractivity contribution is 5.74. The van der Waals surface area contributed by atoms with Gasteiger partial charge in [-0.15, -0.1) is 0 Å². The summed E-state index contributed by atoms with van der Waals surface area (Å²) in [6, 6.07) is 0. The molecule has 1 spiro atoms. The second-order valence-corrected chi connectivity index (χ2v) is 15.4. The SMILES string of the molecule is CCCCCC(=O)O[C@@H]1CC[C@@]2(C)C(=CC[C@H]3[C@H]2CC[C@]2(C)[C@@H]4[C@H](C[C@@H]32)O[C@]2(CC[C@H](C)CN2C(C)=O)[C@@H]4C)C1. The number of carbonyl (C=O) groups excluding carboxylic acids is 2. The van der Waals surface area contributed by atoms with Crippen LogP contribution in [0.25, 0.3) is 0 Å². The van der Waals surface area contributed by atoms with Gasteiger partial charge in [0.05, 0.1) is 6.10 Å². The van der Waals surface area contributed by atoms with Gasteiger partial charge in [-0.05, 0) is 98.2 Å². The van der Waals surface area contributed by atoms with Crippen molar-refractivity contribution in [2.45, 2.75) is 143 Å². The molecule has 5 heteroatoms. The average Bonchev–Trinajstić information content (AvgIpc) is 3.36. The number of allylic oxidation sites excluding steroid dienone is 1. The van der Waals surface area contributed by atoms with Crippen molar-refractivity contribution in [1.82, 2.24) is 4.90 Å². The first-order valence-electron chi connectivity index (χ1n) is 16.9. The summed E-state index contributed by atoms with van der Waals surface area (Å²) in [5.74, 6) is 3.79. The molecular weight excluding hydrogens is 498 g/mol. The lowest BCUT2D eigenvalue weighted by atomic mass is 9.46. The molecule has 0 bridgehead atoms. The van der Waals surface area contributed by atoms with Gasteiger partial charge in [0.25, 0.3) is 0 Å². The van der Waals surface area contributed by atoms with E-state index >= 15 is 0 Å². The number of hydrogen-bond donors (Lipinski definition) is 0. The summed E-state index contributed by atoms with van der Waals surface area (Å²) in [4.78, 5) is 27.4. The Balaban J connectivity index is 1.18. The largest absolute Gasteiger partial charge is 0.462 e. The molecule has 0 N–H and O–H groups in total. The Kier molecular flexibility index (Phi) is 7.49. The molecule has 4 aliphatic carbocycles. The summed E-state index contributed by atoms with van der Waals surface area (Å²) in [5.41, 5.74) is 1.71. The molecule has 1 amide bonds. The predicted molar refractivity (Wildman–Crippen MR) is 157 cm³/mol. The maximum Gasteiger partial charge on any atom is 0.306 e. The Bertz CT molecular complexity index is 1040. The van der Waals surface area contributed by atoms with Crippen molar-refractivity contribution in [3.05, 3.63) is 11.6 Å². The van der Waals surface area contributed by atoms with Gasteiger partial charge in [-0.2, -0.15) is 0 Å². The fraction of sp³-hybridized carbons (Fsp3) is 0.886. The number of esters is 1. The molecule has 3 saturated carbocycles. The first-order valence-corrected chi connectivity index (χ1v) is 16.9. The molecule has 6 aliphatic rings. The number of amides is 1. The van der Waals surface area contributed by atoms with Crippen molar-refractivity contribution < 1.29 is 19.1 Å². The Hall–Kier alpha value is -1.36. The second-order valence-electron chi connectivity index (χ2n) is 15.4. The van der Waals surface area contributed by atoms with Gasteiger partial charge in [0.1, 0.15) is 11.8 Å². The van der Waals surface area contributed by atoms with Crippen LogP contribution in [0.15, 0.2) is 11.6 Å². The second kappa shape index (κ2) is 10.4. The van der Waals surface area contributed by atoms with Gasteiger partial charge in [0.15, 0.2) is 0 Å². The number of nitrogens with zero attached hydrogens (tertiary/aromatic N) is 1.